The van der Waals surface area contributed by atoms with Gasteiger partial charge in [0.05, 0.1) is 6.04 Å². The van der Waals surface area contributed by atoms with E-state index >= 15 is 0 Å². The molecule has 1 aromatic carbocycles. The largest absolute Gasteiger partial charge is 0.456 e. The summed E-state index contributed by atoms with van der Waals surface area (Å²) in [6.07, 6.45) is 2.46. The molecule has 3 rings (SSSR count). The van der Waals surface area contributed by atoms with Crippen LogP contribution in [0.25, 0.3) is 11.0 Å². The van der Waals surface area contributed by atoms with Crippen molar-refractivity contribution in [2.75, 3.05) is 6.54 Å². The molecule has 0 spiro atoms. The standard InChI is InChI=1S/C15H18FNO/c1-3-17-14(10-5-6-10)13-8-11-9(2)4-7-12(16)15(11)18-13/h4,7-8,10,14,17H,3,5-6H2,1-2H3. The van der Waals surface area contributed by atoms with Gasteiger partial charge in [0, 0.05) is 5.39 Å². The molecule has 2 aromatic rings. The number of nitrogens with one attached hydrogen (secondary N) is 1. The fourth-order valence-electron chi connectivity index (χ4n) is 2.55. The number of rotatable bonds is 4. The third kappa shape index (κ3) is 1.93. The Kier molecular flexibility index (Phi) is 2.86. The van der Waals surface area contributed by atoms with E-state index in [0.717, 1.165) is 23.3 Å². The van der Waals surface area contributed by atoms with Crippen LogP contribution < -0.4 is 5.32 Å². The van der Waals surface area contributed by atoms with E-state index in [1.165, 1.54) is 18.9 Å². The van der Waals surface area contributed by atoms with E-state index in [1.54, 1.807) is 6.07 Å². The highest BCUT2D eigenvalue weighted by Crippen LogP contribution is 2.42. The van der Waals surface area contributed by atoms with Gasteiger partial charge in [-0.15, -0.1) is 0 Å². The van der Waals surface area contributed by atoms with Crippen LogP contribution in [0.4, 0.5) is 4.39 Å². The van der Waals surface area contributed by atoms with Crippen molar-refractivity contribution < 1.29 is 8.81 Å². The molecule has 1 saturated carbocycles. The molecule has 1 aliphatic carbocycles. The highest BCUT2D eigenvalue weighted by Gasteiger charge is 2.34. The zero-order chi connectivity index (χ0) is 12.7. The van der Waals surface area contributed by atoms with Crippen molar-refractivity contribution >= 4 is 11.0 Å². The highest BCUT2D eigenvalue weighted by atomic mass is 19.1. The third-order valence-corrected chi connectivity index (χ3v) is 3.70. The van der Waals surface area contributed by atoms with Crippen LogP contribution in [0.3, 0.4) is 0 Å². The lowest BCUT2D eigenvalue weighted by molar-refractivity contribution is 0.398. The molecule has 0 amide bonds. The summed E-state index contributed by atoms with van der Waals surface area (Å²) in [5.41, 5.74) is 1.46. The first-order valence-electron chi connectivity index (χ1n) is 6.62. The minimum Gasteiger partial charge on any atom is -0.456 e. The van der Waals surface area contributed by atoms with Crippen molar-refractivity contribution in [2.24, 2.45) is 5.92 Å². The predicted molar refractivity (Wildman–Crippen MR) is 70.1 cm³/mol. The summed E-state index contributed by atoms with van der Waals surface area (Å²) in [6.45, 7) is 4.98. The number of furan rings is 1. The van der Waals surface area contributed by atoms with Crippen LogP contribution >= 0.6 is 0 Å². The number of hydrogen-bond acceptors (Lipinski definition) is 2. The lowest BCUT2D eigenvalue weighted by Gasteiger charge is -2.13. The van der Waals surface area contributed by atoms with Crippen LogP contribution in [0.1, 0.15) is 37.1 Å². The maximum Gasteiger partial charge on any atom is 0.170 e. The van der Waals surface area contributed by atoms with E-state index in [-0.39, 0.29) is 11.9 Å². The average Bonchev–Trinajstić information content (AvgIpc) is 3.09. The van der Waals surface area contributed by atoms with Crippen LogP contribution in [0.5, 0.6) is 0 Å². The summed E-state index contributed by atoms with van der Waals surface area (Å²) in [4.78, 5) is 0. The normalized spacial score (nSPS) is 17.3. The van der Waals surface area contributed by atoms with Crippen LogP contribution in [0.2, 0.25) is 0 Å². The zero-order valence-electron chi connectivity index (χ0n) is 10.8. The lowest BCUT2D eigenvalue weighted by Crippen LogP contribution is -2.21. The molecule has 1 N–H and O–H groups in total. The number of fused-ring (bicyclic) bond motifs is 1. The summed E-state index contributed by atoms with van der Waals surface area (Å²) in [5, 5.41) is 4.34. The molecular weight excluding hydrogens is 229 g/mol. The topological polar surface area (TPSA) is 25.2 Å². The van der Waals surface area contributed by atoms with Crippen molar-refractivity contribution in [3.63, 3.8) is 0 Å². The van der Waals surface area contributed by atoms with Crippen molar-refractivity contribution in [3.05, 3.63) is 35.3 Å². The molecule has 1 heterocycles. The Morgan fingerprint density at radius 3 is 2.83 bits per heavy atom. The molecule has 1 atom stereocenters. The molecule has 18 heavy (non-hydrogen) atoms. The SMILES string of the molecule is CCNC(c1cc2c(C)ccc(F)c2o1)C1CC1. The Morgan fingerprint density at radius 1 is 1.44 bits per heavy atom. The molecule has 1 aliphatic rings. The van der Waals surface area contributed by atoms with Crippen LogP contribution in [0.15, 0.2) is 22.6 Å². The fraction of sp³-hybridized carbons (Fsp3) is 0.467. The molecule has 1 aromatic heterocycles. The number of aryl methyl sites for hydroxylation is 1. The van der Waals surface area contributed by atoms with Gasteiger partial charge in [0.1, 0.15) is 5.76 Å². The predicted octanol–water partition coefficient (Wildman–Crippen LogP) is 3.94. The first-order valence-corrected chi connectivity index (χ1v) is 6.62. The highest BCUT2D eigenvalue weighted by molar-refractivity contribution is 5.82. The molecule has 2 nitrogen and oxygen atoms in total. The molecule has 0 saturated heterocycles. The summed E-state index contributed by atoms with van der Waals surface area (Å²) in [5.74, 6) is 1.25. The maximum atomic E-state index is 13.7. The van der Waals surface area contributed by atoms with Gasteiger partial charge in [-0.3, -0.25) is 0 Å². The molecule has 96 valence electrons. The van der Waals surface area contributed by atoms with E-state index < -0.39 is 0 Å². The van der Waals surface area contributed by atoms with Gasteiger partial charge in [0.25, 0.3) is 0 Å². The zero-order valence-corrected chi connectivity index (χ0v) is 10.8. The second-order valence-corrected chi connectivity index (χ2v) is 5.13. The molecule has 1 unspecified atom stereocenters. The Labute approximate surface area is 106 Å². The minimum atomic E-state index is -0.270. The van der Waals surface area contributed by atoms with Gasteiger partial charge in [-0.25, -0.2) is 4.39 Å². The van der Waals surface area contributed by atoms with E-state index in [0.29, 0.717) is 11.5 Å². The van der Waals surface area contributed by atoms with Crippen molar-refractivity contribution in [1.82, 2.24) is 5.32 Å². The first-order chi connectivity index (χ1) is 8.70. The van der Waals surface area contributed by atoms with Crippen LogP contribution in [-0.2, 0) is 0 Å². The van der Waals surface area contributed by atoms with Gasteiger partial charge in [-0.05, 0) is 49.9 Å². The Balaban J connectivity index is 2.06. The van der Waals surface area contributed by atoms with E-state index in [9.17, 15) is 4.39 Å². The molecule has 0 radical (unpaired) electrons. The van der Waals surface area contributed by atoms with Crippen molar-refractivity contribution in [1.29, 1.82) is 0 Å². The third-order valence-electron chi connectivity index (χ3n) is 3.70. The van der Waals surface area contributed by atoms with Gasteiger partial charge in [-0.2, -0.15) is 0 Å². The smallest absolute Gasteiger partial charge is 0.170 e. The number of hydrogen-bond donors (Lipinski definition) is 1. The Morgan fingerprint density at radius 2 is 2.22 bits per heavy atom. The second-order valence-electron chi connectivity index (χ2n) is 5.13. The molecule has 1 fully saturated rings. The van der Waals surface area contributed by atoms with Gasteiger partial charge < -0.3 is 9.73 Å². The summed E-state index contributed by atoms with van der Waals surface area (Å²) in [7, 11) is 0. The summed E-state index contributed by atoms with van der Waals surface area (Å²) < 4.78 is 19.5. The quantitative estimate of drug-likeness (QED) is 0.885. The van der Waals surface area contributed by atoms with E-state index in [4.69, 9.17) is 4.42 Å². The van der Waals surface area contributed by atoms with Crippen molar-refractivity contribution in [2.45, 2.75) is 32.7 Å². The molecule has 0 bridgehead atoms. The van der Waals surface area contributed by atoms with Gasteiger partial charge in [0.15, 0.2) is 11.4 Å². The summed E-state index contributed by atoms with van der Waals surface area (Å²) >= 11 is 0. The van der Waals surface area contributed by atoms with Gasteiger partial charge >= 0.3 is 0 Å². The number of halogens is 1. The average molecular weight is 247 g/mol. The lowest BCUT2D eigenvalue weighted by atomic mass is 10.1. The Bertz CT molecular complexity index is 532. The monoisotopic (exact) mass is 247 g/mol. The summed E-state index contributed by atoms with van der Waals surface area (Å²) in [6, 6.07) is 5.52. The van der Waals surface area contributed by atoms with Crippen LogP contribution in [-0.4, -0.2) is 6.54 Å². The van der Waals surface area contributed by atoms with Crippen molar-refractivity contribution in [3.8, 4) is 0 Å². The maximum absolute atomic E-state index is 13.7. The number of benzene rings is 1. The molecular formula is C15H18FNO. The minimum absolute atomic E-state index is 0.237. The van der Waals surface area contributed by atoms with Crippen LogP contribution in [0, 0.1) is 18.7 Å². The molecule has 3 heteroatoms. The first kappa shape index (κ1) is 11.7. The van der Waals surface area contributed by atoms with Gasteiger partial charge in [0.2, 0.25) is 0 Å². The van der Waals surface area contributed by atoms with Gasteiger partial charge in [-0.1, -0.05) is 13.0 Å². The Hall–Kier alpha value is -1.35. The molecule has 0 aliphatic heterocycles. The van der Waals surface area contributed by atoms with E-state index in [2.05, 4.69) is 12.2 Å². The fourth-order valence-corrected chi connectivity index (χ4v) is 2.55. The van der Waals surface area contributed by atoms with E-state index in [1.807, 2.05) is 13.0 Å². The second kappa shape index (κ2) is 4.39.